The quantitative estimate of drug-likeness (QED) is 0.807. The average Bonchev–Trinajstić information content (AvgIpc) is 2.60. The lowest BCUT2D eigenvalue weighted by atomic mass is 10.1. The lowest BCUT2D eigenvalue weighted by Gasteiger charge is -2.20. The van der Waals surface area contributed by atoms with Crippen molar-refractivity contribution in [2.45, 2.75) is 33.6 Å². The molecule has 0 saturated heterocycles. The molecule has 1 amide bonds. The van der Waals surface area contributed by atoms with Crippen molar-refractivity contribution in [3.63, 3.8) is 0 Å². The summed E-state index contributed by atoms with van der Waals surface area (Å²) in [7, 11) is 0. The normalized spacial score (nSPS) is 10.6. The third-order valence-corrected chi connectivity index (χ3v) is 2.73. The van der Waals surface area contributed by atoms with E-state index in [4.69, 9.17) is 9.63 Å². The van der Waals surface area contributed by atoms with Gasteiger partial charge in [0.2, 0.25) is 5.91 Å². The fraction of sp³-hybridized carbons (Fsp3) is 0.667. The number of carbonyl (C=O) groups is 1. The van der Waals surface area contributed by atoms with E-state index in [1.165, 1.54) is 0 Å². The summed E-state index contributed by atoms with van der Waals surface area (Å²) in [4.78, 5) is 13.7. The molecule has 0 unspecified atom stereocenters. The van der Waals surface area contributed by atoms with E-state index >= 15 is 0 Å². The molecule has 1 rings (SSSR count). The zero-order valence-electron chi connectivity index (χ0n) is 10.7. The number of rotatable bonds is 6. The minimum absolute atomic E-state index is 0.00661. The van der Waals surface area contributed by atoms with Gasteiger partial charge < -0.3 is 14.5 Å². The van der Waals surface area contributed by atoms with Gasteiger partial charge in [0.15, 0.2) is 0 Å². The topological polar surface area (TPSA) is 66.6 Å². The highest BCUT2D eigenvalue weighted by molar-refractivity contribution is 5.79. The molecule has 5 nitrogen and oxygen atoms in total. The summed E-state index contributed by atoms with van der Waals surface area (Å²) >= 11 is 0. The first-order valence-corrected chi connectivity index (χ1v) is 5.90. The summed E-state index contributed by atoms with van der Waals surface area (Å²) in [5, 5.41) is 12.7. The van der Waals surface area contributed by atoms with Crippen LogP contribution < -0.4 is 0 Å². The van der Waals surface area contributed by atoms with E-state index in [9.17, 15) is 4.79 Å². The van der Waals surface area contributed by atoms with E-state index in [2.05, 4.69) is 5.16 Å². The van der Waals surface area contributed by atoms with E-state index in [1.54, 1.807) is 11.8 Å². The minimum Gasteiger partial charge on any atom is -0.395 e. The van der Waals surface area contributed by atoms with Gasteiger partial charge in [0.1, 0.15) is 5.76 Å². The van der Waals surface area contributed by atoms with Gasteiger partial charge in [0.25, 0.3) is 0 Å². The summed E-state index contributed by atoms with van der Waals surface area (Å²) in [5.41, 5.74) is 1.62. The van der Waals surface area contributed by atoms with Crippen molar-refractivity contribution < 1.29 is 14.4 Å². The smallest absolute Gasteiger partial charge is 0.227 e. The largest absolute Gasteiger partial charge is 0.395 e. The molecular weight excluding hydrogens is 220 g/mol. The second-order valence-electron chi connectivity index (χ2n) is 4.08. The number of aryl methyl sites for hydroxylation is 2. The molecule has 1 aromatic rings. The lowest BCUT2D eigenvalue weighted by molar-refractivity contribution is -0.131. The summed E-state index contributed by atoms with van der Waals surface area (Å²) in [6.45, 7) is 6.69. The predicted molar refractivity (Wildman–Crippen MR) is 63.6 cm³/mol. The van der Waals surface area contributed by atoms with Gasteiger partial charge in [-0.25, -0.2) is 0 Å². The highest BCUT2D eigenvalue weighted by Gasteiger charge is 2.17. The molecule has 1 N–H and O–H groups in total. The number of nitrogens with zero attached hydrogens (tertiary/aromatic N) is 2. The molecule has 1 heterocycles. The van der Waals surface area contributed by atoms with Crippen LogP contribution in [0.25, 0.3) is 0 Å². The molecule has 0 aliphatic rings. The van der Waals surface area contributed by atoms with Gasteiger partial charge in [0, 0.05) is 18.7 Å². The highest BCUT2D eigenvalue weighted by Crippen LogP contribution is 2.14. The molecule has 0 radical (unpaired) electrons. The summed E-state index contributed by atoms with van der Waals surface area (Å²) < 4.78 is 5.03. The van der Waals surface area contributed by atoms with Crippen LogP contribution in [0.2, 0.25) is 0 Å². The summed E-state index contributed by atoms with van der Waals surface area (Å²) in [5.74, 6) is 0.701. The SMILES string of the molecule is CCCN(CCO)C(=O)Cc1c(C)noc1C. The van der Waals surface area contributed by atoms with Crippen molar-refractivity contribution in [2.24, 2.45) is 0 Å². The average molecular weight is 240 g/mol. The molecule has 17 heavy (non-hydrogen) atoms. The van der Waals surface area contributed by atoms with E-state index in [-0.39, 0.29) is 12.5 Å². The van der Waals surface area contributed by atoms with Crippen LogP contribution in [0.4, 0.5) is 0 Å². The second-order valence-corrected chi connectivity index (χ2v) is 4.08. The first-order chi connectivity index (χ1) is 8.10. The van der Waals surface area contributed by atoms with Crippen LogP contribution in [0.15, 0.2) is 4.52 Å². The second kappa shape index (κ2) is 6.39. The zero-order chi connectivity index (χ0) is 12.8. The highest BCUT2D eigenvalue weighted by atomic mass is 16.5. The van der Waals surface area contributed by atoms with Crippen molar-refractivity contribution in [3.8, 4) is 0 Å². The van der Waals surface area contributed by atoms with E-state index in [1.807, 2.05) is 13.8 Å². The van der Waals surface area contributed by atoms with Gasteiger partial charge in [-0.15, -0.1) is 0 Å². The number of hydrogen-bond acceptors (Lipinski definition) is 4. The van der Waals surface area contributed by atoms with Crippen molar-refractivity contribution in [2.75, 3.05) is 19.7 Å². The van der Waals surface area contributed by atoms with Gasteiger partial charge in [-0.3, -0.25) is 4.79 Å². The molecular formula is C12H20N2O3. The molecule has 5 heteroatoms. The van der Waals surface area contributed by atoms with Crippen molar-refractivity contribution >= 4 is 5.91 Å². The Morgan fingerprint density at radius 1 is 1.41 bits per heavy atom. The Balaban J connectivity index is 2.69. The van der Waals surface area contributed by atoms with Crippen molar-refractivity contribution in [1.82, 2.24) is 10.1 Å². The number of aromatic nitrogens is 1. The van der Waals surface area contributed by atoms with Gasteiger partial charge in [-0.1, -0.05) is 12.1 Å². The van der Waals surface area contributed by atoms with Gasteiger partial charge in [0.05, 0.1) is 18.7 Å². The van der Waals surface area contributed by atoms with Gasteiger partial charge in [-0.05, 0) is 20.3 Å². The molecule has 0 aliphatic carbocycles. The molecule has 0 bridgehead atoms. The molecule has 1 aromatic heterocycles. The molecule has 0 atom stereocenters. The third-order valence-electron chi connectivity index (χ3n) is 2.73. The van der Waals surface area contributed by atoms with Crippen LogP contribution in [-0.2, 0) is 11.2 Å². The van der Waals surface area contributed by atoms with Gasteiger partial charge >= 0.3 is 0 Å². The molecule has 0 aromatic carbocycles. The van der Waals surface area contributed by atoms with Crippen LogP contribution in [0.5, 0.6) is 0 Å². The van der Waals surface area contributed by atoms with Crippen LogP contribution in [0.1, 0.15) is 30.4 Å². The predicted octanol–water partition coefficient (Wildman–Crippen LogP) is 1.06. The maximum Gasteiger partial charge on any atom is 0.227 e. The van der Waals surface area contributed by atoms with Crippen LogP contribution >= 0.6 is 0 Å². The van der Waals surface area contributed by atoms with E-state index in [0.29, 0.717) is 25.3 Å². The third kappa shape index (κ3) is 3.56. The molecule has 0 aliphatic heterocycles. The van der Waals surface area contributed by atoms with Crippen molar-refractivity contribution in [1.29, 1.82) is 0 Å². The van der Waals surface area contributed by atoms with E-state index in [0.717, 1.165) is 17.7 Å². The molecule has 0 fully saturated rings. The Bertz CT molecular complexity index is 348. The Morgan fingerprint density at radius 2 is 2.12 bits per heavy atom. The first-order valence-electron chi connectivity index (χ1n) is 5.90. The zero-order valence-corrected chi connectivity index (χ0v) is 10.7. The first kappa shape index (κ1) is 13.7. The Hall–Kier alpha value is -1.36. The monoisotopic (exact) mass is 240 g/mol. The fourth-order valence-corrected chi connectivity index (χ4v) is 1.77. The molecule has 0 saturated carbocycles. The minimum atomic E-state index is -0.00661. The maximum absolute atomic E-state index is 12.0. The van der Waals surface area contributed by atoms with Crippen LogP contribution in [0.3, 0.4) is 0 Å². The Kier molecular flexibility index (Phi) is 5.15. The summed E-state index contributed by atoms with van der Waals surface area (Å²) in [6.07, 6.45) is 1.18. The fourth-order valence-electron chi connectivity index (χ4n) is 1.77. The Morgan fingerprint density at radius 3 is 2.59 bits per heavy atom. The van der Waals surface area contributed by atoms with Crippen LogP contribution in [0, 0.1) is 13.8 Å². The number of hydrogen-bond donors (Lipinski definition) is 1. The number of aliphatic hydroxyl groups excluding tert-OH is 1. The maximum atomic E-state index is 12.0. The van der Waals surface area contributed by atoms with E-state index < -0.39 is 0 Å². The summed E-state index contributed by atoms with van der Waals surface area (Å²) in [6, 6.07) is 0. The van der Waals surface area contributed by atoms with Crippen LogP contribution in [-0.4, -0.2) is 40.8 Å². The Labute approximate surface area is 101 Å². The number of aliphatic hydroxyl groups is 1. The lowest BCUT2D eigenvalue weighted by Crippen LogP contribution is -2.35. The molecule has 96 valence electrons. The van der Waals surface area contributed by atoms with Gasteiger partial charge in [-0.2, -0.15) is 0 Å². The number of carbonyl (C=O) groups excluding carboxylic acids is 1. The standard InChI is InChI=1S/C12H20N2O3/c1-4-5-14(6-7-15)12(16)8-11-9(2)13-17-10(11)3/h15H,4-8H2,1-3H3. The molecule has 0 spiro atoms. The van der Waals surface area contributed by atoms with Crippen molar-refractivity contribution in [3.05, 3.63) is 17.0 Å². The number of amides is 1.